The molecule has 0 saturated heterocycles. The third kappa shape index (κ3) is 1.61. The van der Waals surface area contributed by atoms with Crippen LogP contribution in [0, 0.1) is 12.7 Å². The number of aromatic nitrogens is 1. The van der Waals surface area contributed by atoms with Crippen molar-refractivity contribution in [3.63, 3.8) is 0 Å². The summed E-state index contributed by atoms with van der Waals surface area (Å²) in [4.78, 5) is 14.8. The van der Waals surface area contributed by atoms with E-state index in [9.17, 15) is 9.18 Å². The second kappa shape index (κ2) is 3.90. The Morgan fingerprint density at radius 2 is 2.12 bits per heavy atom. The van der Waals surface area contributed by atoms with Crippen LogP contribution in [0.4, 0.5) is 4.39 Å². The van der Waals surface area contributed by atoms with E-state index in [0.29, 0.717) is 21.1 Å². The van der Waals surface area contributed by atoms with Crippen LogP contribution < -0.4 is 10.2 Å². The Hall–Kier alpha value is -1.36. The number of aromatic amines is 1. The van der Waals surface area contributed by atoms with Gasteiger partial charge < -0.3 is 9.72 Å². The molecule has 0 amide bonds. The summed E-state index contributed by atoms with van der Waals surface area (Å²) >= 11 is 3.16. The second-order valence-corrected chi connectivity index (χ2v) is 4.22. The molecule has 0 aliphatic carbocycles. The number of rotatable bonds is 1. The third-order valence-electron chi connectivity index (χ3n) is 2.39. The highest BCUT2D eigenvalue weighted by Crippen LogP contribution is 2.23. The van der Waals surface area contributed by atoms with Gasteiger partial charge in [0.05, 0.1) is 17.1 Å². The van der Waals surface area contributed by atoms with Gasteiger partial charge in [0.2, 0.25) is 5.43 Å². The van der Waals surface area contributed by atoms with E-state index in [4.69, 9.17) is 4.74 Å². The maximum Gasteiger partial charge on any atom is 0.203 e. The van der Waals surface area contributed by atoms with Gasteiger partial charge in [-0.05, 0) is 28.9 Å². The van der Waals surface area contributed by atoms with E-state index >= 15 is 0 Å². The number of H-pyrrole nitrogens is 1. The molecule has 2 rings (SSSR count). The topological polar surface area (TPSA) is 42.1 Å². The van der Waals surface area contributed by atoms with Gasteiger partial charge in [0.25, 0.3) is 0 Å². The van der Waals surface area contributed by atoms with Gasteiger partial charge in [-0.3, -0.25) is 4.79 Å². The largest absolute Gasteiger partial charge is 0.494 e. The molecule has 84 valence electrons. The van der Waals surface area contributed by atoms with Crippen molar-refractivity contribution in [2.24, 2.45) is 0 Å². The lowest BCUT2D eigenvalue weighted by atomic mass is 10.2. The first kappa shape index (κ1) is 11.1. The highest BCUT2D eigenvalue weighted by Gasteiger charge is 2.11. The lowest BCUT2D eigenvalue weighted by molar-refractivity contribution is 0.387. The molecule has 1 aromatic carbocycles. The monoisotopic (exact) mass is 285 g/mol. The molecule has 0 aliphatic rings. The molecule has 0 saturated carbocycles. The van der Waals surface area contributed by atoms with Gasteiger partial charge in [-0.25, -0.2) is 4.39 Å². The summed E-state index contributed by atoms with van der Waals surface area (Å²) < 4.78 is 18.7. The Morgan fingerprint density at radius 3 is 2.75 bits per heavy atom. The second-order valence-electron chi connectivity index (χ2n) is 3.43. The van der Waals surface area contributed by atoms with Crippen molar-refractivity contribution in [1.29, 1.82) is 0 Å². The molecule has 0 unspecified atom stereocenters. The number of hydrogen-bond acceptors (Lipinski definition) is 2. The Balaban J connectivity index is 2.92. The van der Waals surface area contributed by atoms with Crippen LogP contribution in [-0.2, 0) is 0 Å². The summed E-state index contributed by atoms with van der Waals surface area (Å²) in [6, 6.07) is 2.66. The number of nitrogens with one attached hydrogen (secondary N) is 1. The fourth-order valence-corrected chi connectivity index (χ4v) is 1.86. The number of methoxy groups -OCH3 is 1. The molecule has 16 heavy (non-hydrogen) atoms. The summed E-state index contributed by atoms with van der Waals surface area (Å²) in [6.45, 7) is 1.76. The predicted octanol–water partition coefficient (Wildman–Crippen LogP) is 2.75. The van der Waals surface area contributed by atoms with Crippen molar-refractivity contribution in [3.05, 3.63) is 38.3 Å². The Bertz CT molecular complexity index is 621. The Labute approximate surface area is 99.4 Å². The summed E-state index contributed by atoms with van der Waals surface area (Å²) in [6.07, 6.45) is 0. The number of benzene rings is 1. The molecule has 0 atom stereocenters. The maximum atomic E-state index is 13.4. The first-order valence-corrected chi connectivity index (χ1v) is 5.39. The number of aryl methyl sites for hydroxylation is 1. The molecule has 1 aromatic heterocycles. The quantitative estimate of drug-likeness (QED) is 0.875. The van der Waals surface area contributed by atoms with Crippen molar-refractivity contribution in [1.82, 2.24) is 4.98 Å². The SMILES string of the molecule is COc1cc2[nH]c(C)c(Br)c(=O)c2cc1F. The fraction of sp³-hybridized carbons (Fsp3) is 0.182. The van der Waals surface area contributed by atoms with Crippen LogP contribution in [0.15, 0.2) is 21.4 Å². The van der Waals surface area contributed by atoms with Gasteiger partial charge >= 0.3 is 0 Å². The van der Waals surface area contributed by atoms with E-state index in [1.54, 1.807) is 6.92 Å². The zero-order valence-corrected chi connectivity index (χ0v) is 10.3. The molecular weight excluding hydrogens is 277 g/mol. The fourth-order valence-electron chi connectivity index (χ4n) is 1.55. The molecule has 0 fully saturated rings. The number of fused-ring (bicyclic) bond motifs is 1. The lowest BCUT2D eigenvalue weighted by Gasteiger charge is -2.06. The molecule has 0 spiro atoms. The minimum atomic E-state index is -0.545. The van der Waals surface area contributed by atoms with Crippen LogP contribution in [0.25, 0.3) is 10.9 Å². The first-order chi connectivity index (χ1) is 7.54. The highest BCUT2D eigenvalue weighted by atomic mass is 79.9. The summed E-state index contributed by atoms with van der Waals surface area (Å²) in [5.41, 5.74) is 1.03. The average Bonchev–Trinajstić information content (AvgIpc) is 2.27. The van der Waals surface area contributed by atoms with Gasteiger partial charge in [-0.1, -0.05) is 0 Å². The molecule has 1 heterocycles. The van der Waals surface area contributed by atoms with Gasteiger partial charge in [0.15, 0.2) is 11.6 Å². The van der Waals surface area contributed by atoms with E-state index in [2.05, 4.69) is 20.9 Å². The average molecular weight is 286 g/mol. The molecule has 0 radical (unpaired) electrons. The van der Waals surface area contributed by atoms with E-state index in [-0.39, 0.29) is 11.2 Å². The Morgan fingerprint density at radius 1 is 1.44 bits per heavy atom. The zero-order valence-electron chi connectivity index (χ0n) is 8.73. The van der Waals surface area contributed by atoms with E-state index < -0.39 is 5.82 Å². The van der Waals surface area contributed by atoms with Crippen molar-refractivity contribution in [2.75, 3.05) is 7.11 Å². The lowest BCUT2D eigenvalue weighted by Crippen LogP contribution is -2.07. The molecule has 1 N–H and O–H groups in total. The Kier molecular flexibility index (Phi) is 2.71. The van der Waals surface area contributed by atoms with Crippen LogP contribution in [0.1, 0.15) is 5.69 Å². The van der Waals surface area contributed by atoms with Gasteiger partial charge in [0, 0.05) is 17.1 Å². The molecule has 3 nitrogen and oxygen atoms in total. The maximum absolute atomic E-state index is 13.4. The van der Waals surface area contributed by atoms with Gasteiger partial charge in [-0.2, -0.15) is 0 Å². The summed E-state index contributed by atoms with van der Waals surface area (Å²) in [5.74, 6) is -0.430. The molecular formula is C11H9BrFNO2. The number of pyridine rings is 1. The minimum absolute atomic E-state index is 0.116. The van der Waals surface area contributed by atoms with Gasteiger partial charge in [-0.15, -0.1) is 0 Å². The minimum Gasteiger partial charge on any atom is -0.494 e. The molecule has 0 bridgehead atoms. The first-order valence-electron chi connectivity index (χ1n) is 4.60. The van der Waals surface area contributed by atoms with Crippen molar-refractivity contribution in [2.45, 2.75) is 6.92 Å². The molecule has 0 aliphatic heterocycles. The summed E-state index contributed by atoms with van der Waals surface area (Å²) in [5, 5.41) is 0.302. The highest BCUT2D eigenvalue weighted by molar-refractivity contribution is 9.10. The molecule has 5 heteroatoms. The third-order valence-corrected chi connectivity index (χ3v) is 3.34. The van der Waals surface area contributed by atoms with Crippen molar-refractivity contribution >= 4 is 26.8 Å². The van der Waals surface area contributed by atoms with Gasteiger partial charge in [0.1, 0.15) is 0 Å². The predicted molar refractivity (Wildman–Crippen MR) is 63.5 cm³/mol. The summed E-state index contributed by atoms with van der Waals surface area (Å²) in [7, 11) is 1.38. The van der Waals surface area contributed by atoms with Crippen LogP contribution in [0.5, 0.6) is 5.75 Å². The van der Waals surface area contributed by atoms with Crippen LogP contribution >= 0.6 is 15.9 Å². The number of halogens is 2. The van der Waals surface area contributed by atoms with E-state index in [1.807, 2.05) is 0 Å². The van der Waals surface area contributed by atoms with E-state index in [1.165, 1.54) is 19.2 Å². The molecule has 2 aromatic rings. The standard InChI is InChI=1S/C11H9BrFNO2/c1-5-10(12)11(15)6-3-7(13)9(16-2)4-8(6)14-5/h3-4H,1-2H3,(H,14,15). The van der Waals surface area contributed by atoms with E-state index in [0.717, 1.165) is 0 Å². The number of ether oxygens (including phenoxy) is 1. The van der Waals surface area contributed by atoms with Crippen molar-refractivity contribution < 1.29 is 9.13 Å². The zero-order chi connectivity index (χ0) is 11.9. The van der Waals surface area contributed by atoms with Crippen molar-refractivity contribution in [3.8, 4) is 5.75 Å². The van der Waals surface area contributed by atoms with Crippen LogP contribution in [0.2, 0.25) is 0 Å². The smallest absolute Gasteiger partial charge is 0.203 e. The van der Waals surface area contributed by atoms with Crippen LogP contribution in [0.3, 0.4) is 0 Å². The van der Waals surface area contributed by atoms with Crippen LogP contribution in [-0.4, -0.2) is 12.1 Å². The normalized spacial score (nSPS) is 10.8. The number of hydrogen-bond donors (Lipinski definition) is 1.